The van der Waals surface area contributed by atoms with Crippen LogP contribution in [0.25, 0.3) is 0 Å². The summed E-state index contributed by atoms with van der Waals surface area (Å²) in [4.78, 5) is 25.2. The molecular weight excluding hydrogens is 266 g/mol. The van der Waals surface area contributed by atoms with Gasteiger partial charge in [-0.25, -0.2) is 9.59 Å². The van der Waals surface area contributed by atoms with Gasteiger partial charge in [-0.05, 0) is 13.8 Å². The Bertz CT molecular complexity index is 493. The molecule has 2 rings (SSSR count). The van der Waals surface area contributed by atoms with Crippen molar-refractivity contribution in [3.63, 3.8) is 0 Å². The lowest BCUT2D eigenvalue weighted by Gasteiger charge is -2.22. The van der Waals surface area contributed by atoms with Gasteiger partial charge in [0.1, 0.15) is 0 Å². The maximum atomic E-state index is 11.7. The van der Waals surface area contributed by atoms with Crippen LogP contribution in [-0.2, 0) is 19.1 Å². The molecule has 0 aromatic rings. The van der Waals surface area contributed by atoms with E-state index in [2.05, 4.69) is 0 Å². The molecule has 0 radical (unpaired) electrons. The van der Waals surface area contributed by atoms with E-state index in [-0.39, 0.29) is 16.7 Å². The molecule has 0 aliphatic carbocycles. The molecule has 2 aliphatic rings. The van der Waals surface area contributed by atoms with E-state index in [0.29, 0.717) is 18.5 Å². The summed E-state index contributed by atoms with van der Waals surface area (Å²) >= 11 is 1.58. The van der Waals surface area contributed by atoms with Crippen LogP contribution in [0.3, 0.4) is 0 Å². The van der Waals surface area contributed by atoms with E-state index in [1.807, 2.05) is 18.7 Å². The summed E-state index contributed by atoms with van der Waals surface area (Å²) in [5.74, 6) is -0.670. The highest BCUT2D eigenvalue weighted by atomic mass is 32.2. The van der Waals surface area contributed by atoms with Crippen LogP contribution in [0.5, 0.6) is 0 Å². The molecule has 2 heterocycles. The fraction of sp³-hybridized carbons (Fsp3) is 0.538. The summed E-state index contributed by atoms with van der Waals surface area (Å²) in [6, 6.07) is 0. The van der Waals surface area contributed by atoms with Gasteiger partial charge in [-0.2, -0.15) is 0 Å². The van der Waals surface area contributed by atoms with Crippen LogP contribution in [0, 0.1) is 0 Å². The fourth-order valence-electron chi connectivity index (χ4n) is 2.30. The zero-order valence-electron chi connectivity index (χ0n) is 11.5. The Morgan fingerprint density at radius 3 is 2.58 bits per heavy atom. The van der Waals surface area contributed by atoms with Crippen molar-refractivity contribution in [3.05, 3.63) is 22.4 Å². The van der Waals surface area contributed by atoms with E-state index >= 15 is 0 Å². The summed E-state index contributed by atoms with van der Waals surface area (Å²) in [6.45, 7) is 4.73. The normalized spacial score (nSPS) is 22.7. The lowest BCUT2D eigenvalue weighted by Crippen LogP contribution is -2.24. The first-order valence-corrected chi connectivity index (χ1v) is 6.80. The van der Waals surface area contributed by atoms with E-state index in [1.165, 1.54) is 20.3 Å². The second kappa shape index (κ2) is 4.92. The minimum Gasteiger partial charge on any atom is -0.466 e. The average Bonchev–Trinajstić information content (AvgIpc) is 2.86. The van der Waals surface area contributed by atoms with Crippen molar-refractivity contribution in [1.29, 1.82) is 0 Å². The molecule has 19 heavy (non-hydrogen) atoms. The fourth-order valence-corrected chi connectivity index (χ4v) is 3.66. The van der Waals surface area contributed by atoms with Gasteiger partial charge in [0.2, 0.25) is 0 Å². The molecule has 1 fully saturated rings. The Balaban J connectivity index is 2.41. The van der Waals surface area contributed by atoms with E-state index in [0.717, 1.165) is 10.7 Å². The monoisotopic (exact) mass is 283 g/mol. The number of methoxy groups -OCH3 is 2. The Labute approximate surface area is 116 Å². The first kappa shape index (κ1) is 14.0. The van der Waals surface area contributed by atoms with Crippen molar-refractivity contribution < 1.29 is 19.1 Å². The van der Waals surface area contributed by atoms with Crippen molar-refractivity contribution in [2.45, 2.75) is 25.0 Å². The van der Waals surface area contributed by atoms with Gasteiger partial charge in [0.25, 0.3) is 0 Å². The summed E-state index contributed by atoms with van der Waals surface area (Å²) in [6.07, 6.45) is 2.14. The smallest absolute Gasteiger partial charge is 0.336 e. The molecule has 6 heteroatoms. The quantitative estimate of drug-likeness (QED) is 0.567. The third-order valence-electron chi connectivity index (χ3n) is 3.24. The maximum Gasteiger partial charge on any atom is 0.336 e. The highest BCUT2D eigenvalue weighted by Gasteiger charge is 2.45. The number of hydrogen-bond acceptors (Lipinski definition) is 6. The number of hydrogen-bond donors (Lipinski definition) is 0. The minimum absolute atomic E-state index is 0.261. The van der Waals surface area contributed by atoms with Crippen LogP contribution in [0.15, 0.2) is 22.4 Å². The van der Waals surface area contributed by atoms with E-state index in [9.17, 15) is 9.59 Å². The zero-order valence-corrected chi connectivity index (χ0v) is 12.3. The van der Waals surface area contributed by atoms with Gasteiger partial charge in [0.15, 0.2) is 0 Å². The molecule has 0 aromatic heterocycles. The van der Waals surface area contributed by atoms with Gasteiger partial charge >= 0.3 is 11.9 Å². The van der Waals surface area contributed by atoms with Crippen molar-refractivity contribution >= 4 is 23.7 Å². The number of ether oxygens (including phenoxy) is 2. The molecule has 0 saturated carbocycles. The first-order chi connectivity index (χ1) is 8.90. The molecule has 1 saturated heterocycles. The third kappa shape index (κ3) is 2.36. The van der Waals surface area contributed by atoms with Crippen LogP contribution >= 0.6 is 11.8 Å². The van der Waals surface area contributed by atoms with Crippen molar-refractivity contribution in [2.75, 3.05) is 20.8 Å². The minimum atomic E-state index is -0.378. The van der Waals surface area contributed by atoms with E-state index < -0.39 is 0 Å². The summed E-state index contributed by atoms with van der Waals surface area (Å²) in [5, 5.41) is 0.895. The van der Waals surface area contributed by atoms with Gasteiger partial charge in [0, 0.05) is 24.7 Å². The van der Waals surface area contributed by atoms with Gasteiger partial charge in [-0.3, -0.25) is 0 Å². The Hall–Kier alpha value is -1.43. The molecule has 0 amide bonds. The van der Waals surface area contributed by atoms with Crippen molar-refractivity contribution in [3.8, 4) is 0 Å². The molecule has 104 valence electrons. The number of rotatable bonds is 2. The van der Waals surface area contributed by atoms with Gasteiger partial charge in [0.05, 0.1) is 29.6 Å². The summed E-state index contributed by atoms with van der Waals surface area (Å²) in [5.41, 5.74) is 1.56. The number of esters is 2. The SMILES string of the molecule is COC(=O)C=C1N2CCC(C(=O)OC)=C2SC1(C)C. The molecule has 0 unspecified atom stereocenters. The highest BCUT2D eigenvalue weighted by molar-refractivity contribution is 8.04. The molecule has 0 atom stereocenters. The van der Waals surface area contributed by atoms with Crippen LogP contribution in [0.1, 0.15) is 20.3 Å². The topological polar surface area (TPSA) is 55.8 Å². The Kier molecular flexibility index (Phi) is 3.62. The third-order valence-corrected chi connectivity index (χ3v) is 4.62. The summed E-state index contributed by atoms with van der Waals surface area (Å²) in [7, 11) is 2.74. The van der Waals surface area contributed by atoms with Gasteiger partial charge in [-0.1, -0.05) is 11.8 Å². The molecule has 0 bridgehead atoms. The Morgan fingerprint density at radius 2 is 2.00 bits per heavy atom. The molecular formula is C13H17NO4S. The van der Waals surface area contributed by atoms with E-state index in [1.54, 1.807) is 11.8 Å². The van der Waals surface area contributed by atoms with Crippen molar-refractivity contribution in [2.24, 2.45) is 0 Å². The largest absolute Gasteiger partial charge is 0.466 e. The van der Waals surface area contributed by atoms with Crippen LogP contribution in [-0.4, -0.2) is 42.3 Å². The zero-order chi connectivity index (χ0) is 14.2. The number of carbonyl (C=O) groups is 2. The molecule has 0 N–H and O–H groups in total. The maximum absolute atomic E-state index is 11.7. The average molecular weight is 283 g/mol. The van der Waals surface area contributed by atoms with Crippen LogP contribution in [0.4, 0.5) is 0 Å². The lowest BCUT2D eigenvalue weighted by atomic mass is 10.1. The second-order valence-corrected chi connectivity index (χ2v) is 6.45. The predicted molar refractivity (Wildman–Crippen MR) is 72.1 cm³/mol. The lowest BCUT2D eigenvalue weighted by molar-refractivity contribution is -0.136. The number of thioether (sulfide) groups is 1. The number of carbonyl (C=O) groups excluding carboxylic acids is 2. The van der Waals surface area contributed by atoms with Gasteiger partial charge < -0.3 is 14.4 Å². The van der Waals surface area contributed by atoms with Crippen molar-refractivity contribution in [1.82, 2.24) is 4.90 Å². The molecule has 2 aliphatic heterocycles. The first-order valence-electron chi connectivity index (χ1n) is 5.99. The Morgan fingerprint density at radius 1 is 1.32 bits per heavy atom. The van der Waals surface area contributed by atoms with Gasteiger partial charge in [-0.15, -0.1) is 0 Å². The summed E-state index contributed by atoms with van der Waals surface area (Å²) < 4.78 is 9.23. The van der Waals surface area contributed by atoms with Crippen LogP contribution < -0.4 is 0 Å². The van der Waals surface area contributed by atoms with E-state index in [4.69, 9.17) is 9.47 Å². The standard InChI is InChI=1S/C13H17NO4S/c1-13(2)9(7-10(15)17-3)14-6-5-8(11(14)19-13)12(16)18-4/h7H,5-6H2,1-4H3. The predicted octanol–water partition coefficient (Wildman–Crippen LogP) is 1.66. The number of fused-ring (bicyclic) bond motifs is 1. The molecule has 5 nitrogen and oxygen atoms in total. The van der Waals surface area contributed by atoms with Crippen LogP contribution in [0.2, 0.25) is 0 Å². The highest BCUT2D eigenvalue weighted by Crippen LogP contribution is 2.53. The second-order valence-electron chi connectivity index (χ2n) is 4.84. The molecule has 0 aromatic carbocycles. The molecule has 0 spiro atoms. The number of nitrogens with zero attached hydrogens (tertiary/aromatic N) is 1.